The zero-order valence-corrected chi connectivity index (χ0v) is 19.1. The summed E-state index contributed by atoms with van der Waals surface area (Å²) in [5.41, 5.74) is 3.22. The fourth-order valence-electron chi connectivity index (χ4n) is 4.02. The van der Waals surface area contributed by atoms with Crippen LogP contribution in [0.3, 0.4) is 0 Å². The molecular formula is C28H27N3O2. The molecule has 4 rings (SSSR count). The average Bonchev–Trinajstić information content (AvgIpc) is 2.83. The van der Waals surface area contributed by atoms with Gasteiger partial charge in [0.15, 0.2) is 0 Å². The minimum atomic E-state index is -0.379. The summed E-state index contributed by atoms with van der Waals surface area (Å²) in [6.07, 6.45) is 3.97. The first kappa shape index (κ1) is 22.2. The Morgan fingerprint density at radius 1 is 1.03 bits per heavy atom. The molecule has 0 bridgehead atoms. The number of hydrogen-bond donors (Lipinski definition) is 0. The monoisotopic (exact) mass is 437 g/mol. The molecule has 1 atom stereocenters. The lowest BCUT2D eigenvalue weighted by molar-refractivity contribution is -0.127. The third-order valence-corrected chi connectivity index (χ3v) is 5.78. The lowest BCUT2D eigenvalue weighted by Gasteiger charge is -2.28. The molecular weight excluding hydrogens is 410 g/mol. The summed E-state index contributed by atoms with van der Waals surface area (Å²) in [6, 6.07) is 24.4. The standard InChI is InChI=1S/C28H27N3O2/c1-4-25(30(3)26(32)18-17-21-12-6-5-7-13-21)27-29-24-16-9-8-15-23(24)28(33)31(27)22-14-10-11-20(2)19-22/h5-19,25H,4H2,1-3H3. The van der Waals surface area contributed by atoms with E-state index in [0.717, 1.165) is 16.8 Å². The lowest BCUT2D eigenvalue weighted by Crippen LogP contribution is -2.35. The van der Waals surface area contributed by atoms with E-state index in [4.69, 9.17) is 4.98 Å². The SMILES string of the molecule is CCC(c1nc2ccccc2c(=O)n1-c1cccc(C)c1)N(C)C(=O)C=Cc1ccccc1. The maximum absolute atomic E-state index is 13.6. The first-order valence-electron chi connectivity index (χ1n) is 11.1. The number of para-hydroxylation sites is 1. The van der Waals surface area contributed by atoms with E-state index in [-0.39, 0.29) is 17.5 Å². The Bertz CT molecular complexity index is 1370. The largest absolute Gasteiger partial charge is 0.332 e. The van der Waals surface area contributed by atoms with Crippen LogP contribution < -0.4 is 5.56 Å². The van der Waals surface area contributed by atoms with Crippen molar-refractivity contribution in [3.05, 3.63) is 112 Å². The van der Waals surface area contributed by atoms with Crippen LogP contribution >= 0.6 is 0 Å². The van der Waals surface area contributed by atoms with Crippen molar-refractivity contribution in [2.45, 2.75) is 26.3 Å². The highest BCUT2D eigenvalue weighted by molar-refractivity contribution is 5.92. The number of amides is 1. The molecule has 5 heteroatoms. The second-order valence-electron chi connectivity index (χ2n) is 8.08. The number of nitrogens with zero attached hydrogens (tertiary/aromatic N) is 3. The average molecular weight is 438 g/mol. The van der Waals surface area contributed by atoms with E-state index in [1.165, 1.54) is 0 Å². The lowest BCUT2D eigenvalue weighted by atomic mass is 10.1. The predicted octanol–water partition coefficient (Wildman–Crippen LogP) is 5.32. The normalized spacial score (nSPS) is 12.2. The zero-order chi connectivity index (χ0) is 23.4. The Kier molecular flexibility index (Phi) is 6.50. The number of hydrogen-bond acceptors (Lipinski definition) is 3. The molecule has 0 aliphatic carbocycles. The highest BCUT2D eigenvalue weighted by Crippen LogP contribution is 2.25. The summed E-state index contributed by atoms with van der Waals surface area (Å²) < 4.78 is 1.65. The van der Waals surface area contributed by atoms with Crippen LogP contribution in [0.1, 0.15) is 36.3 Å². The van der Waals surface area contributed by atoms with Gasteiger partial charge in [-0.2, -0.15) is 0 Å². The van der Waals surface area contributed by atoms with Crippen molar-refractivity contribution in [2.24, 2.45) is 0 Å². The number of aromatic nitrogens is 2. The molecule has 0 aliphatic rings. The van der Waals surface area contributed by atoms with Gasteiger partial charge in [-0.05, 0) is 54.8 Å². The van der Waals surface area contributed by atoms with Crippen LogP contribution in [0.15, 0.2) is 89.7 Å². The van der Waals surface area contributed by atoms with Crippen LogP contribution in [-0.2, 0) is 4.79 Å². The van der Waals surface area contributed by atoms with E-state index in [1.54, 1.807) is 34.7 Å². The van der Waals surface area contributed by atoms with Gasteiger partial charge in [0.25, 0.3) is 5.56 Å². The number of likely N-dealkylation sites (N-methyl/N-ethyl adjacent to an activating group) is 1. The van der Waals surface area contributed by atoms with Crippen molar-refractivity contribution >= 4 is 22.9 Å². The topological polar surface area (TPSA) is 55.2 Å². The number of fused-ring (bicyclic) bond motifs is 1. The molecule has 0 radical (unpaired) electrons. The number of benzene rings is 3. The number of carbonyl (C=O) groups excluding carboxylic acids is 1. The number of carbonyl (C=O) groups is 1. The quantitative estimate of drug-likeness (QED) is 0.384. The van der Waals surface area contributed by atoms with Crippen LogP contribution in [-0.4, -0.2) is 27.4 Å². The third-order valence-electron chi connectivity index (χ3n) is 5.78. The molecule has 0 N–H and O–H groups in total. The van der Waals surface area contributed by atoms with Gasteiger partial charge in [-0.3, -0.25) is 14.2 Å². The molecule has 1 amide bonds. The first-order valence-corrected chi connectivity index (χ1v) is 11.1. The molecule has 0 fully saturated rings. The van der Waals surface area contributed by atoms with E-state index in [2.05, 4.69) is 0 Å². The molecule has 0 saturated carbocycles. The third kappa shape index (κ3) is 4.62. The fourth-order valence-corrected chi connectivity index (χ4v) is 4.02. The number of aryl methyl sites for hydroxylation is 1. The van der Waals surface area contributed by atoms with Crippen LogP contribution in [0, 0.1) is 6.92 Å². The highest BCUT2D eigenvalue weighted by atomic mass is 16.2. The van der Waals surface area contributed by atoms with Crippen LogP contribution in [0.4, 0.5) is 0 Å². The Labute approximate surface area is 193 Å². The van der Waals surface area contributed by atoms with Crippen LogP contribution in [0.25, 0.3) is 22.7 Å². The van der Waals surface area contributed by atoms with E-state index in [1.807, 2.05) is 86.6 Å². The van der Waals surface area contributed by atoms with Gasteiger partial charge >= 0.3 is 0 Å². The van der Waals surface area contributed by atoms with Crippen molar-refractivity contribution in [3.8, 4) is 5.69 Å². The van der Waals surface area contributed by atoms with Gasteiger partial charge < -0.3 is 4.90 Å². The Hall–Kier alpha value is -3.99. The first-order chi connectivity index (χ1) is 16.0. The van der Waals surface area contributed by atoms with Gasteiger partial charge in [-0.1, -0.05) is 61.5 Å². The van der Waals surface area contributed by atoms with Crippen molar-refractivity contribution in [2.75, 3.05) is 7.05 Å². The molecule has 5 nitrogen and oxygen atoms in total. The van der Waals surface area contributed by atoms with Gasteiger partial charge in [0.2, 0.25) is 5.91 Å². The maximum Gasteiger partial charge on any atom is 0.266 e. The Morgan fingerprint density at radius 2 is 1.76 bits per heavy atom. The molecule has 1 unspecified atom stereocenters. The van der Waals surface area contributed by atoms with Crippen molar-refractivity contribution < 1.29 is 4.79 Å². The van der Waals surface area contributed by atoms with Gasteiger partial charge in [-0.25, -0.2) is 4.98 Å². The minimum Gasteiger partial charge on any atom is -0.332 e. The van der Waals surface area contributed by atoms with E-state index >= 15 is 0 Å². The fraction of sp³-hybridized carbons (Fsp3) is 0.179. The molecule has 1 heterocycles. The molecule has 1 aromatic heterocycles. The summed E-state index contributed by atoms with van der Waals surface area (Å²) in [5.74, 6) is 0.402. The molecule has 0 aliphatic heterocycles. The smallest absolute Gasteiger partial charge is 0.266 e. The molecule has 33 heavy (non-hydrogen) atoms. The summed E-state index contributed by atoms with van der Waals surface area (Å²) in [4.78, 5) is 33.2. The second-order valence-corrected chi connectivity index (χ2v) is 8.08. The second kappa shape index (κ2) is 9.65. The maximum atomic E-state index is 13.6. The summed E-state index contributed by atoms with van der Waals surface area (Å²) in [6.45, 7) is 3.99. The van der Waals surface area contributed by atoms with Crippen molar-refractivity contribution in [1.82, 2.24) is 14.5 Å². The van der Waals surface area contributed by atoms with Gasteiger partial charge in [0.1, 0.15) is 5.82 Å². The number of rotatable bonds is 6. The minimum absolute atomic E-state index is 0.139. The van der Waals surface area contributed by atoms with Gasteiger partial charge in [-0.15, -0.1) is 0 Å². The zero-order valence-electron chi connectivity index (χ0n) is 19.1. The van der Waals surface area contributed by atoms with Crippen LogP contribution in [0.5, 0.6) is 0 Å². The highest BCUT2D eigenvalue weighted by Gasteiger charge is 2.25. The summed E-state index contributed by atoms with van der Waals surface area (Å²) >= 11 is 0. The van der Waals surface area contributed by atoms with Crippen molar-refractivity contribution in [1.29, 1.82) is 0 Å². The molecule has 3 aromatic carbocycles. The summed E-state index contributed by atoms with van der Waals surface area (Å²) in [5, 5.41) is 0.551. The Balaban J connectivity index is 1.82. The van der Waals surface area contributed by atoms with Crippen molar-refractivity contribution in [3.63, 3.8) is 0 Å². The van der Waals surface area contributed by atoms with Gasteiger partial charge in [0, 0.05) is 13.1 Å². The molecule has 166 valence electrons. The predicted molar refractivity (Wildman–Crippen MR) is 133 cm³/mol. The van der Waals surface area contributed by atoms with E-state index in [0.29, 0.717) is 23.1 Å². The van der Waals surface area contributed by atoms with Crippen LogP contribution in [0.2, 0.25) is 0 Å². The molecule has 0 saturated heterocycles. The Morgan fingerprint density at radius 3 is 2.48 bits per heavy atom. The van der Waals surface area contributed by atoms with Gasteiger partial charge in [0.05, 0.1) is 22.6 Å². The van der Waals surface area contributed by atoms with E-state index in [9.17, 15) is 9.59 Å². The van der Waals surface area contributed by atoms with E-state index < -0.39 is 0 Å². The summed E-state index contributed by atoms with van der Waals surface area (Å²) in [7, 11) is 1.76. The molecule has 4 aromatic rings. The molecule has 0 spiro atoms.